The Hall–Kier alpha value is -2.77. The Morgan fingerprint density at radius 1 is 1.47 bits per heavy atom. The Kier molecular flexibility index (Phi) is 5.47. The van der Waals surface area contributed by atoms with E-state index < -0.39 is 23.1 Å². The van der Waals surface area contributed by atoms with E-state index in [0.717, 1.165) is 23.5 Å². The number of anilines is 1. The maximum atomic E-state index is 15.2. The quantitative estimate of drug-likeness (QED) is 0.676. The number of nitrogens with zero attached hydrogens (tertiary/aromatic N) is 4. The van der Waals surface area contributed by atoms with Gasteiger partial charge in [-0.1, -0.05) is 6.92 Å². The largest absolute Gasteiger partial charge is 0.492 e. The molecule has 1 aromatic carbocycles. The monoisotopic (exact) mass is 438 g/mol. The van der Waals surface area contributed by atoms with E-state index in [1.165, 1.54) is 7.11 Å². The van der Waals surface area contributed by atoms with Gasteiger partial charge in [0, 0.05) is 24.5 Å². The van der Waals surface area contributed by atoms with Gasteiger partial charge in [0.2, 0.25) is 0 Å². The molecule has 2 aromatic rings. The average Bonchev–Trinajstić information content (AvgIpc) is 3.13. The summed E-state index contributed by atoms with van der Waals surface area (Å²) < 4.78 is 22.2. The van der Waals surface area contributed by atoms with Crippen molar-refractivity contribution in [3.05, 3.63) is 32.7 Å². The molecule has 1 aliphatic heterocycles. The number of nitrogen functional groups attached to an aromatic ring is 1. The predicted octanol–water partition coefficient (Wildman–Crippen LogP) is 0.849. The minimum atomic E-state index is -0.894. The normalized spacial score (nSPS) is 23.3. The van der Waals surface area contributed by atoms with Crippen molar-refractivity contribution in [3.8, 4) is 11.8 Å². The fourth-order valence-corrected chi connectivity index (χ4v) is 4.48. The minimum absolute atomic E-state index is 0. The third-order valence-electron chi connectivity index (χ3n) is 6.29. The zero-order chi connectivity index (χ0) is 21.1. The van der Waals surface area contributed by atoms with E-state index >= 15 is 4.39 Å². The van der Waals surface area contributed by atoms with Gasteiger partial charge >= 0.3 is 5.69 Å². The zero-order valence-corrected chi connectivity index (χ0v) is 17.5. The molecule has 1 spiro atoms. The average molecular weight is 439 g/mol. The summed E-state index contributed by atoms with van der Waals surface area (Å²) in [7, 11) is 1.35. The van der Waals surface area contributed by atoms with Crippen LogP contribution in [0.1, 0.15) is 32.2 Å². The van der Waals surface area contributed by atoms with E-state index in [1.54, 1.807) is 6.92 Å². The Morgan fingerprint density at radius 3 is 2.63 bits per heavy atom. The molecule has 1 aromatic heterocycles. The number of nitriles is 1. The Morgan fingerprint density at radius 2 is 2.13 bits per heavy atom. The number of aromatic nitrogens is 2. The summed E-state index contributed by atoms with van der Waals surface area (Å²) >= 11 is 0. The van der Waals surface area contributed by atoms with E-state index in [0.29, 0.717) is 24.2 Å². The van der Waals surface area contributed by atoms with Gasteiger partial charge in [-0.2, -0.15) is 9.94 Å². The maximum absolute atomic E-state index is 15.2. The summed E-state index contributed by atoms with van der Waals surface area (Å²) in [6, 6.07) is 2.31. The van der Waals surface area contributed by atoms with Crippen molar-refractivity contribution >= 4 is 29.0 Å². The number of hydrogen-bond acceptors (Lipinski definition) is 7. The van der Waals surface area contributed by atoms with Gasteiger partial charge in [-0.25, -0.2) is 9.18 Å². The highest BCUT2D eigenvalue weighted by Crippen LogP contribution is 2.53. The van der Waals surface area contributed by atoms with Gasteiger partial charge < -0.3 is 21.2 Å². The molecule has 3 unspecified atom stereocenters. The molecule has 0 radical (unpaired) electrons. The molecule has 1 saturated carbocycles. The minimum Gasteiger partial charge on any atom is -0.492 e. The van der Waals surface area contributed by atoms with Crippen LogP contribution < -0.4 is 32.5 Å². The van der Waals surface area contributed by atoms with Crippen molar-refractivity contribution in [3.63, 3.8) is 0 Å². The van der Waals surface area contributed by atoms with Crippen LogP contribution in [0.25, 0.3) is 10.9 Å². The van der Waals surface area contributed by atoms with Crippen molar-refractivity contribution in [2.75, 3.05) is 30.9 Å². The molecule has 30 heavy (non-hydrogen) atoms. The second-order valence-corrected chi connectivity index (χ2v) is 7.86. The molecule has 0 bridgehead atoms. The summed E-state index contributed by atoms with van der Waals surface area (Å²) in [5.41, 5.74) is 4.60. The van der Waals surface area contributed by atoms with Gasteiger partial charge in [-0.3, -0.25) is 9.36 Å². The number of nitrogens with two attached hydrogens (primary N) is 2. The van der Waals surface area contributed by atoms with Crippen molar-refractivity contribution in [1.29, 1.82) is 5.26 Å². The van der Waals surface area contributed by atoms with Crippen molar-refractivity contribution in [2.45, 2.75) is 38.3 Å². The van der Waals surface area contributed by atoms with E-state index in [1.807, 2.05) is 11.0 Å². The van der Waals surface area contributed by atoms with Gasteiger partial charge in [0.15, 0.2) is 11.6 Å². The van der Waals surface area contributed by atoms with Crippen molar-refractivity contribution in [2.24, 2.45) is 11.1 Å². The number of halogens is 2. The van der Waals surface area contributed by atoms with Crippen LogP contribution in [0.3, 0.4) is 0 Å². The highest BCUT2D eigenvalue weighted by molar-refractivity contribution is 5.91. The Bertz CT molecular complexity index is 1170. The molecule has 1 saturated heterocycles. The fraction of sp³-hybridized carbons (Fsp3) is 0.526. The molecule has 162 valence electrons. The molecule has 9 nitrogen and oxygen atoms in total. The van der Waals surface area contributed by atoms with Crippen LogP contribution in [-0.4, -0.2) is 35.5 Å². The second-order valence-electron chi connectivity index (χ2n) is 7.86. The smallest absolute Gasteiger partial charge is 0.351 e. The molecular weight excluding hydrogens is 415 g/mol. The third-order valence-corrected chi connectivity index (χ3v) is 6.29. The molecule has 2 aliphatic rings. The van der Waals surface area contributed by atoms with Gasteiger partial charge in [0.25, 0.3) is 5.56 Å². The highest BCUT2D eigenvalue weighted by Gasteiger charge is 2.56. The summed E-state index contributed by atoms with van der Waals surface area (Å²) in [6.45, 7) is 2.88. The molecule has 3 atom stereocenters. The molecule has 11 heteroatoms. The first kappa shape index (κ1) is 21.9. The van der Waals surface area contributed by atoms with E-state index in [4.69, 9.17) is 16.3 Å². The topological polar surface area (TPSA) is 132 Å². The fourth-order valence-electron chi connectivity index (χ4n) is 4.48. The first-order valence-corrected chi connectivity index (χ1v) is 9.52. The number of ether oxygens (including phenoxy) is 1. The van der Waals surface area contributed by atoms with Gasteiger partial charge in [0.05, 0.1) is 18.6 Å². The van der Waals surface area contributed by atoms with Crippen LogP contribution in [-0.2, 0) is 0 Å². The van der Waals surface area contributed by atoms with Crippen molar-refractivity contribution < 1.29 is 9.13 Å². The lowest BCUT2D eigenvalue weighted by atomic mass is 10.1. The number of methoxy groups -OCH3 is 1. The van der Waals surface area contributed by atoms with Crippen LogP contribution in [0.2, 0.25) is 0 Å². The van der Waals surface area contributed by atoms with Gasteiger partial charge in [-0.15, -0.1) is 12.4 Å². The lowest BCUT2D eigenvalue weighted by Crippen LogP contribution is -2.45. The summed E-state index contributed by atoms with van der Waals surface area (Å²) in [4.78, 5) is 27.2. The number of benzene rings is 1. The molecular formula is C19H24ClFN6O3. The Labute approximate surface area is 178 Å². The lowest BCUT2D eigenvalue weighted by molar-refractivity contribution is 0.411. The van der Waals surface area contributed by atoms with E-state index in [-0.39, 0.29) is 46.2 Å². The standard InChI is InChI=1S/C19H23FN6O3.ClH/c1-3-10(8-21)25-14-11(17(27)26(23)18(25)28)6-12(20)15(16(14)29-2)24-5-4-19(9-24)7-13(19)22;/h6,10,13H,3-5,7,9,22-23H2,1-2H3;1H. The predicted molar refractivity (Wildman–Crippen MR) is 113 cm³/mol. The van der Waals surface area contributed by atoms with E-state index in [9.17, 15) is 14.9 Å². The number of hydrogen-bond donors (Lipinski definition) is 2. The van der Waals surface area contributed by atoms with Crippen LogP contribution in [0, 0.1) is 22.6 Å². The van der Waals surface area contributed by atoms with E-state index in [2.05, 4.69) is 0 Å². The maximum Gasteiger partial charge on any atom is 0.351 e. The summed E-state index contributed by atoms with van der Waals surface area (Å²) in [5, 5.41) is 9.44. The first-order chi connectivity index (χ1) is 13.8. The summed E-state index contributed by atoms with van der Waals surface area (Å²) in [6.07, 6.45) is 2.01. The third kappa shape index (κ3) is 2.92. The Balaban J connectivity index is 0.00000256. The van der Waals surface area contributed by atoms with Crippen LogP contribution >= 0.6 is 12.4 Å². The highest BCUT2D eigenvalue weighted by atomic mass is 35.5. The van der Waals surface area contributed by atoms with Crippen LogP contribution in [0.4, 0.5) is 10.1 Å². The molecule has 2 fully saturated rings. The molecule has 1 aliphatic carbocycles. The molecule has 4 N–H and O–H groups in total. The lowest BCUT2D eigenvalue weighted by Gasteiger charge is -2.25. The number of rotatable bonds is 4. The second kappa shape index (κ2) is 7.49. The van der Waals surface area contributed by atoms with Gasteiger partial charge in [0.1, 0.15) is 17.2 Å². The first-order valence-electron chi connectivity index (χ1n) is 9.52. The molecule has 2 heterocycles. The molecule has 0 amide bonds. The van der Waals surface area contributed by atoms with Crippen molar-refractivity contribution in [1.82, 2.24) is 9.24 Å². The number of fused-ring (bicyclic) bond motifs is 1. The zero-order valence-electron chi connectivity index (χ0n) is 16.7. The SMILES string of the molecule is CCC(C#N)n1c(=O)n(N)c(=O)c2cc(F)c(N3CCC4(CC4N)C3)c(OC)c21.Cl. The van der Waals surface area contributed by atoms with Gasteiger partial charge in [-0.05, 0) is 25.3 Å². The van der Waals surface area contributed by atoms with Crippen LogP contribution in [0.5, 0.6) is 5.75 Å². The molecule has 4 rings (SSSR count). The van der Waals surface area contributed by atoms with Crippen LogP contribution in [0.15, 0.2) is 15.7 Å². The summed E-state index contributed by atoms with van der Waals surface area (Å²) in [5.74, 6) is 5.04.